The lowest BCUT2D eigenvalue weighted by Crippen LogP contribution is -2.50. The van der Waals surface area contributed by atoms with Crippen LogP contribution in [0.25, 0.3) is 0 Å². The van der Waals surface area contributed by atoms with Crippen molar-refractivity contribution in [3.8, 4) is 0 Å². The molecule has 26 heavy (non-hydrogen) atoms. The van der Waals surface area contributed by atoms with Gasteiger partial charge in [0.15, 0.2) is 0 Å². The Morgan fingerprint density at radius 1 is 0.500 bits per heavy atom. The average molecular weight is 349 g/mol. The lowest BCUT2D eigenvalue weighted by atomic mass is 9.48. The maximum Gasteiger partial charge on any atom is 0.0648 e. The lowest BCUT2D eigenvalue weighted by Gasteiger charge is -2.57. The third kappa shape index (κ3) is 2.00. The highest BCUT2D eigenvalue weighted by Gasteiger charge is 2.54. The third-order valence-electron chi connectivity index (χ3n) is 9.82. The smallest absolute Gasteiger partial charge is 0.0648 e. The normalized spacial score (nSPS) is 53.4. The van der Waals surface area contributed by atoms with Crippen LogP contribution < -0.4 is 0 Å². The van der Waals surface area contributed by atoms with Gasteiger partial charge in [0, 0.05) is 23.2 Å². The molecule has 0 spiro atoms. The predicted octanol–water partition coefficient (Wildman–Crippen LogP) is 5.41. The van der Waals surface area contributed by atoms with Crippen molar-refractivity contribution in [3.63, 3.8) is 0 Å². The van der Waals surface area contributed by atoms with E-state index in [1.165, 1.54) is 88.4 Å². The molecule has 8 saturated carbocycles. The molecule has 0 unspecified atom stereocenters. The van der Waals surface area contributed by atoms with E-state index >= 15 is 0 Å². The van der Waals surface area contributed by atoms with Gasteiger partial charge in [0.2, 0.25) is 0 Å². The molecule has 8 fully saturated rings. The van der Waals surface area contributed by atoms with E-state index in [-0.39, 0.29) is 0 Å². The fourth-order valence-corrected chi connectivity index (χ4v) is 9.72. The molecule has 2 heteroatoms. The lowest BCUT2D eigenvalue weighted by molar-refractivity contribution is -0.0102. The van der Waals surface area contributed by atoms with Crippen LogP contribution in [-0.2, 0) is 10.8 Å². The molecular formula is C24H32N2. The zero-order valence-corrected chi connectivity index (χ0v) is 16.0. The minimum absolute atomic E-state index is 0.405. The summed E-state index contributed by atoms with van der Waals surface area (Å²) in [6.45, 7) is 0. The topological polar surface area (TPSA) is 25.8 Å². The second kappa shape index (κ2) is 4.92. The largest absolute Gasteiger partial charge is 0.257 e. The van der Waals surface area contributed by atoms with Gasteiger partial charge in [0.25, 0.3) is 0 Å². The molecule has 0 saturated heterocycles. The van der Waals surface area contributed by atoms with Gasteiger partial charge in [-0.1, -0.05) is 0 Å². The monoisotopic (exact) mass is 348 g/mol. The molecule has 138 valence electrons. The maximum atomic E-state index is 5.16. The fourth-order valence-electron chi connectivity index (χ4n) is 9.72. The van der Waals surface area contributed by atoms with Crippen LogP contribution >= 0.6 is 0 Å². The molecule has 9 rings (SSSR count). The average Bonchev–Trinajstić information content (AvgIpc) is 2.60. The van der Waals surface area contributed by atoms with Crippen molar-refractivity contribution >= 4 is 0 Å². The summed E-state index contributed by atoms with van der Waals surface area (Å²) in [4.78, 5) is 10.3. The van der Waals surface area contributed by atoms with Gasteiger partial charge in [-0.05, 0) is 113 Å². The van der Waals surface area contributed by atoms with E-state index in [0.29, 0.717) is 10.8 Å². The van der Waals surface area contributed by atoms with Gasteiger partial charge in [0.05, 0.1) is 11.4 Å². The van der Waals surface area contributed by atoms with Crippen molar-refractivity contribution in [2.75, 3.05) is 0 Å². The molecule has 1 heterocycles. The van der Waals surface area contributed by atoms with E-state index in [9.17, 15) is 0 Å². The minimum Gasteiger partial charge on any atom is -0.257 e. The summed E-state index contributed by atoms with van der Waals surface area (Å²) in [7, 11) is 0. The van der Waals surface area contributed by atoms with E-state index in [0.717, 1.165) is 35.5 Å². The number of rotatable bonds is 2. The Kier molecular flexibility index (Phi) is 2.85. The summed E-state index contributed by atoms with van der Waals surface area (Å²) in [5.41, 5.74) is 3.54. The first-order valence-corrected chi connectivity index (χ1v) is 11.5. The highest BCUT2D eigenvalue weighted by molar-refractivity contribution is 5.26. The molecule has 1 aromatic rings. The predicted molar refractivity (Wildman–Crippen MR) is 102 cm³/mol. The van der Waals surface area contributed by atoms with Gasteiger partial charge >= 0.3 is 0 Å². The van der Waals surface area contributed by atoms with Crippen molar-refractivity contribution < 1.29 is 0 Å². The van der Waals surface area contributed by atoms with Crippen LogP contribution in [0.2, 0.25) is 0 Å². The van der Waals surface area contributed by atoms with Gasteiger partial charge < -0.3 is 0 Å². The third-order valence-corrected chi connectivity index (χ3v) is 9.82. The van der Waals surface area contributed by atoms with Gasteiger partial charge in [-0.3, -0.25) is 9.97 Å². The Labute approximate surface area is 157 Å². The first kappa shape index (κ1) is 15.1. The summed E-state index contributed by atoms with van der Waals surface area (Å²) >= 11 is 0. The highest BCUT2D eigenvalue weighted by atomic mass is 14.8. The molecule has 0 N–H and O–H groups in total. The molecule has 8 aliphatic rings. The Balaban J connectivity index is 1.22. The summed E-state index contributed by atoms with van der Waals surface area (Å²) in [6, 6.07) is 0. The number of hydrogen-bond donors (Lipinski definition) is 0. The van der Waals surface area contributed by atoms with E-state index < -0.39 is 0 Å². The van der Waals surface area contributed by atoms with E-state index in [4.69, 9.17) is 9.97 Å². The molecule has 0 aromatic carbocycles. The van der Waals surface area contributed by atoms with Crippen LogP contribution in [0.15, 0.2) is 12.4 Å². The summed E-state index contributed by atoms with van der Waals surface area (Å²) in [6.07, 6.45) is 22.0. The molecule has 1 aromatic heterocycles. The summed E-state index contributed by atoms with van der Waals surface area (Å²) < 4.78 is 0. The SMILES string of the molecule is c1nc(C23CC4CC(CC(C4)C2)C3)cnc1C12CC3CC(CC(C3)C1)C2. The Morgan fingerprint density at radius 3 is 1.00 bits per heavy atom. The molecule has 8 bridgehead atoms. The Hall–Kier alpha value is -0.920. The van der Waals surface area contributed by atoms with Crippen molar-refractivity contribution in [1.29, 1.82) is 0 Å². The van der Waals surface area contributed by atoms with Crippen molar-refractivity contribution in [2.45, 2.75) is 87.9 Å². The standard InChI is InChI=1S/C24H32N2/c1-15-2-17-3-16(1)8-23(7-15,9-17)21-13-26-22(14-25-21)24-10-18-4-19(11-24)6-20(5-18)12-24/h13-20H,1-12H2. The van der Waals surface area contributed by atoms with Crippen LogP contribution in [0, 0.1) is 35.5 Å². The maximum absolute atomic E-state index is 5.16. The van der Waals surface area contributed by atoms with Gasteiger partial charge in [-0.15, -0.1) is 0 Å². The van der Waals surface area contributed by atoms with E-state index in [1.807, 2.05) is 0 Å². The summed E-state index contributed by atoms with van der Waals surface area (Å²) in [5.74, 6) is 5.95. The number of aromatic nitrogens is 2. The Morgan fingerprint density at radius 2 is 0.769 bits per heavy atom. The first-order valence-electron chi connectivity index (χ1n) is 11.5. The molecule has 0 amide bonds. The molecule has 0 radical (unpaired) electrons. The Bertz CT molecular complexity index is 600. The first-order chi connectivity index (χ1) is 12.7. The van der Waals surface area contributed by atoms with Crippen molar-refractivity contribution in [1.82, 2.24) is 9.97 Å². The van der Waals surface area contributed by atoms with Gasteiger partial charge in [-0.25, -0.2) is 0 Å². The summed E-state index contributed by atoms with van der Waals surface area (Å²) in [5, 5.41) is 0. The zero-order chi connectivity index (χ0) is 16.9. The van der Waals surface area contributed by atoms with Crippen LogP contribution in [0.4, 0.5) is 0 Å². The van der Waals surface area contributed by atoms with Crippen LogP contribution in [0.5, 0.6) is 0 Å². The second-order valence-corrected chi connectivity index (χ2v) is 11.7. The van der Waals surface area contributed by atoms with Crippen LogP contribution in [0.3, 0.4) is 0 Å². The molecular weight excluding hydrogens is 316 g/mol. The van der Waals surface area contributed by atoms with Crippen LogP contribution in [0.1, 0.15) is 88.4 Å². The van der Waals surface area contributed by atoms with Gasteiger partial charge in [0.1, 0.15) is 0 Å². The van der Waals surface area contributed by atoms with Crippen molar-refractivity contribution in [2.24, 2.45) is 35.5 Å². The second-order valence-electron chi connectivity index (χ2n) is 11.7. The van der Waals surface area contributed by atoms with Crippen LogP contribution in [-0.4, -0.2) is 9.97 Å². The number of hydrogen-bond acceptors (Lipinski definition) is 2. The van der Waals surface area contributed by atoms with E-state index in [1.54, 1.807) is 0 Å². The quantitative estimate of drug-likeness (QED) is 0.714. The highest BCUT2D eigenvalue weighted by Crippen LogP contribution is 2.62. The molecule has 8 aliphatic carbocycles. The zero-order valence-electron chi connectivity index (χ0n) is 16.0. The molecule has 0 aliphatic heterocycles. The fraction of sp³-hybridized carbons (Fsp3) is 0.833. The number of nitrogens with zero attached hydrogens (tertiary/aromatic N) is 2. The molecule has 2 nitrogen and oxygen atoms in total. The minimum atomic E-state index is 0.405. The van der Waals surface area contributed by atoms with Gasteiger partial charge in [-0.2, -0.15) is 0 Å². The molecule has 0 atom stereocenters. The van der Waals surface area contributed by atoms with E-state index in [2.05, 4.69) is 12.4 Å². The van der Waals surface area contributed by atoms with Crippen molar-refractivity contribution in [3.05, 3.63) is 23.8 Å².